The van der Waals surface area contributed by atoms with E-state index < -0.39 is 0 Å². The van der Waals surface area contributed by atoms with E-state index in [2.05, 4.69) is 31.6 Å². The van der Waals surface area contributed by atoms with E-state index in [0.29, 0.717) is 17.3 Å². The van der Waals surface area contributed by atoms with Crippen molar-refractivity contribution in [1.82, 2.24) is 15.0 Å². The first-order valence-corrected chi connectivity index (χ1v) is 10.1. The third-order valence-corrected chi connectivity index (χ3v) is 4.97. The molecule has 1 amide bonds. The van der Waals surface area contributed by atoms with Gasteiger partial charge in [0.05, 0.1) is 17.5 Å². The Hall–Kier alpha value is -2.67. The molecule has 1 aliphatic rings. The fourth-order valence-corrected chi connectivity index (χ4v) is 3.29. The lowest BCUT2D eigenvalue weighted by atomic mass is 10.2. The number of ether oxygens (including phenoxy) is 1. The molecule has 144 valence electrons. The van der Waals surface area contributed by atoms with Gasteiger partial charge in [-0.05, 0) is 75.2 Å². The fourth-order valence-electron chi connectivity index (χ4n) is 3.03. The van der Waals surface area contributed by atoms with Gasteiger partial charge in [-0.25, -0.2) is 4.68 Å². The number of amides is 1. The minimum atomic E-state index is -0.247. The van der Waals surface area contributed by atoms with Gasteiger partial charge in [0, 0.05) is 16.1 Å². The Morgan fingerprint density at radius 2 is 1.82 bits per heavy atom. The van der Waals surface area contributed by atoms with Crippen LogP contribution in [0.25, 0.3) is 5.69 Å². The number of aromatic nitrogens is 3. The second kappa shape index (κ2) is 7.75. The Labute approximate surface area is 172 Å². The van der Waals surface area contributed by atoms with Gasteiger partial charge in [0.1, 0.15) is 5.75 Å². The molecule has 4 rings (SSSR count). The Morgan fingerprint density at radius 3 is 2.43 bits per heavy atom. The zero-order valence-corrected chi connectivity index (χ0v) is 17.3. The van der Waals surface area contributed by atoms with Crippen molar-refractivity contribution in [2.24, 2.45) is 0 Å². The second-order valence-electron chi connectivity index (χ2n) is 7.13. The highest BCUT2D eigenvalue weighted by molar-refractivity contribution is 9.10. The van der Waals surface area contributed by atoms with Crippen LogP contribution in [-0.2, 0) is 0 Å². The van der Waals surface area contributed by atoms with Crippen LogP contribution in [0, 0.1) is 0 Å². The molecule has 0 atom stereocenters. The number of carbonyl (C=O) groups is 1. The molecule has 1 saturated carbocycles. The highest BCUT2D eigenvalue weighted by atomic mass is 79.9. The molecule has 0 radical (unpaired) electrons. The summed E-state index contributed by atoms with van der Waals surface area (Å²) >= 11 is 3.44. The van der Waals surface area contributed by atoms with Crippen LogP contribution in [0.2, 0.25) is 0 Å². The summed E-state index contributed by atoms with van der Waals surface area (Å²) in [6.07, 6.45) is 2.20. The van der Waals surface area contributed by atoms with Crippen LogP contribution < -0.4 is 10.1 Å². The lowest BCUT2D eigenvalue weighted by molar-refractivity contribution is 0.102. The summed E-state index contributed by atoms with van der Waals surface area (Å²) in [5, 5.41) is 11.4. The minimum Gasteiger partial charge on any atom is -0.491 e. The highest BCUT2D eigenvalue weighted by Crippen LogP contribution is 2.42. The number of halogens is 1. The third kappa shape index (κ3) is 4.09. The molecule has 6 nitrogen and oxygen atoms in total. The maximum atomic E-state index is 12.9. The molecule has 0 unspecified atom stereocenters. The maximum absolute atomic E-state index is 12.9. The molecule has 0 spiro atoms. The lowest BCUT2D eigenvalue weighted by Gasteiger charge is -2.11. The number of rotatable bonds is 6. The van der Waals surface area contributed by atoms with Crippen molar-refractivity contribution in [1.29, 1.82) is 0 Å². The van der Waals surface area contributed by atoms with Gasteiger partial charge in [-0.3, -0.25) is 4.79 Å². The third-order valence-electron chi connectivity index (χ3n) is 4.44. The summed E-state index contributed by atoms with van der Waals surface area (Å²) in [4.78, 5) is 12.9. The zero-order valence-electron chi connectivity index (χ0n) is 15.7. The summed E-state index contributed by atoms with van der Waals surface area (Å²) in [5.41, 5.74) is 2.85. The topological polar surface area (TPSA) is 69.0 Å². The second-order valence-corrected chi connectivity index (χ2v) is 8.05. The molecule has 1 N–H and O–H groups in total. The Kier molecular flexibility index (Phi) is 5.17. The number of carbonyl (C=O) groups excluding carboxylic acids is 1. The van der Waals surface area contributed by atoms with Crippen molar-refractivity contribution in [3.8, 4) is 11.4 Å². The Balaban J connectivity index is 1.57. The molecular formula is C21H21BrN4O2. The smallest absolute Gasteiger partial charge is 0.278 e. The number of anilines is 1. The monoisotopic (exact) mass is 440 g/mol. The van der Waals surface area contributed by atoms with Crippen LogP contribution in [0.1, 0.15) is 48.8 Å². The van der Waals surface area contributed by atoms with Crippen LogP contribution in [0.4, 0.5) is 5.69 Å². The normalized spacial score (nSPS) is 13.6. The van der Waals surface area contributed by atoms with E-state index in [0.717, 1.165) is 34.4 Å². The van der Waals surface area contributed by atoms with Gasteiger partial charge in [-0.2, -0.15) is 0 Å². The number of nitrogens with one attached hydrogen (secondary N) is 1. The molecule has 0 aliphatic heterocycles. The van der Waals surface area contributed by atoms with Crippen molar-refractivity contribution in [2.75, 3.05) is 5.32 Å². The molecule has 1 aromatic heterocycles. The van der Waals surface area contributed by atoms with Crippen molar-refractivity contribution in [2.45, 2.75) is 38.7 Å². The molecule has 0 saturated heterocycles. The predicted molar refractivity (Wildman–Crippen MR) is 111 cm³/mol. The van der Waals surface area contributed by atoms with E-state index in [-0.39, 0.29) is 12.0 Å². The standard InChI is InChI=1S/C21H21BrN4O2/c1-13(2)28-18-11-7-16(8-12-18)23-21(27)19-20(14-3-4-14)26(25-24-19)17-9-5-15(22)6-10-17/h5-14H,3-4H2,1-2H3,(H,23,27). The molecule has 28 heavy (non-hydrogen) atoms. The van der Waals surface area contributed by atoms with Gasteiger partial charge >= 0.3 is 0 Å². The SMILES string of the molecule is CC(C)Oc1ccc(NC(=O)c2nnn(-c3ccc(Br)cc3)c2C2CC2)cc1. The van der Waals surface area contributed by atoms with Crippen molar-refractivity contribution < 1.29 is 9.53 Å². The maximum Gasteiger partial charge on any atom is 0.278 e. The molecule has 1 fully saturated rings. The molecule has 1 heterocycles. The minimum absolute atomic E-state index is 0.107. The van der Waals surface area contributed by atoms with Crippen LogP contribution in [0.3, 0.4) is 0 Å². The number of nitrogens with zero attached hydrogens (tertiary/aromatic N) is 3. The van der Waals surface area contributed by atoms with E-state index in [4.69, 9.17) is 4.74 Å². The number of benzene rings is 2. The van der Waals surface area contributed by atoms with Gasteiger partial charge in [0.25, 0.3) is 5.91 Å². The summed E-state index contributed by atoms with van der Waals surface area (Å²) in [6.45, 7) is 3.95. The van der Waals surface area contributed by atoms with Crippen molar-refractivity contribution in [3.63, 3.8) is 0 Å². The van der Waals surface area contributed by atoms with Gasteiger partial charge in [-0.1, -0.05) is 21.1 Å². The van der Waals surface area contributed by atoms with E-state index in [1.807, 2.05) is 62.4 Å². The van der Waals surface area contributed by atoms with Gasteiger partial charge in [0.15, 0.2) is 5.69 Å². The summed E-state index contributed by atoms with van der Waals surface area (Å²) in [6, 6.07) is 15.2. The van der Waals surface area contributed by atoms with Gasteiger partial charge in [-0.15, -0.1) is 5.10 Å². The summed E-state index contributed by atoms with van der Waals surface area (Å²) in [7, 11) is 0. The lowest BCUT2D eigenvalue weighted by Crippen LogP contribution is -2.15. The van der Waals surface area contributed by atoms with E-state index >= 15 is 0 Å². The average molecular weight is 441 g/mol. The Morgan fingerprint density at radius 1 is 1.14 bits per heavy atom. The van der Waals surface area contributed by atoms with Crippen LogP contribution in [0.15, 0.2) is 53.0 Å². The molecular weight excluding hydrogens is 420 g/mol. The first-order valence-electron chi connectivity index (χ1n) is 9.31. The number of hydrogen-bond donors (Lipinski definition) is 1. The largest absolute Gasteiger partial charge is 0.491 e. The fraction of sp³-hybridized carbons (Fsp3) is 0.286. The molecule has 2 aromatic carbocycles. The predicted octanol–water partition coefficient (Wildman–Crippen LogP) is 4.95. The Bertz CT molecular complexity index is 977. The van der Waals surface area contributed by atoms with Crippen LogP contribution in [-0.4, -0.2) is 27.0 Å². The first kappa shape index (κ1) is 18.7. The summed E-state index contributed by atoms with van der Waals surface area (Å²) < 4.78 is 8.41. The number of hydrogen-bond acceptors (Lipinski definition) is 4. The molecule has 0 bridgehead atoms. The van der Waals surface area contributed by atoms with Crippen LogP contribution >= 0.6 is 15.9 Å². The van der Waals surface area contributed by atoms with E-state index in [9.17, 15) is 4.79 Å². The van der Waals surface area contributed by atoms with Gasteiger partial charge < -0.3 is 10.1 Å². The van der Waals surface area contributed by atoms with Crippen molar-refractivity contribution >= 4 is 27.5 Å². The summed E-state index contributed by atoms with van der Waals surface area (Å²) in [5.74, 6) is 0.844. The molecule has 3 aromatic rings. The van der Waals surface area contributed by atoms with Crippen LogP contribution in [0.5, 0.6) is 5.75 Å². The van der Waals surface area contributed by atoms with Crippen molar-refractivity contribution in [3.05, 3.63) is 64.4 Å². The first-order chi connectivity index (χ1) is 13.5. The molecule has 7 heteroatoms. The van der Waals surface area contributed by atoms with E-state index in [1.165, 1.54) is 0 Å². The average Bonchev–Trinajstić information content (AvgIpc) is 3.41. The quantitative estimate of drug-likeness (QED) is 0.588. The zero-order chi connectivity index (χ0) is 19.7. The molecule has 1 aliphatic carbocycles. The van der Waals surface area contributed by atoms with E-state index in [1.54, 1.807) is 4.68 Å². The highest BCUT2D eigenvalue weighted by Gasteiger charge is 2.34. The van der Waals surface area contributed by atoms with Gasteiger partial charge in [0.2, 0.25) is 0 Å².